The molecule has 0 N–H and O–H groups in total. The Bertz CT molecular complexity index is 537. The largest absolute Gasteiger partial charge is 0.373 e. The molecule has 1 fully saturated rings. The van der Waals surface area contributed by atoms with E-state index >= 15 is 0 Å². The summed E-state index contributed by atoms with van der Waals surface area (Å²) in [5.74, 6) is 0.185. The lowest BCUT2D eigenvalue weighted by Gasteiger charge is -2.34. The molecule has 0 amide bonds. The Morgan fingerprint density at radius 1 is 1.26 bits per heavy atom. The predicted octanol–water partition coefficient (Wildman–Crippen LogP) is 2.22. The highest BCUT2D eigenvalue weighted by Crippen LogP contribution is 2.24. The smallest absolute Gasteiger partial charge is 0.243 e. The molecule has 0 spiro atoms. The van der Waals surface area contributed by atoms with Gasteiger partial charge in [-0.25, -0.2) is 8.42 Å². The number of rotatable bonds is 3. The standard InChI is InChI=1S/C13H18ClNO3S/c1-10-8-15(9-11(2)18-10)19(16,17)13-6-4-3-5-12(13)7-14/h3-6,10-11H,7-9H2,1-2H3. The third-order valence-electron chi connectivity index (χ3n) is 3.12. The lowest BCUT2D eigenvalue weighted by molar-refractivity contribution is -0.0440. The molecule has 1 saturated heterocycles. The van der Waals surface area contributed by atoms with E-state index in [1.165, 1.54) is 4.31 Å². The van der Waals surface area contributed by atoms with Crippen LogP contribution in [-0.2, 0) is 20.6 Å². The monoisotopic (exact) mass is 303 g/mol. The number of nitrogens with zero attached hydrogens (tertiary/aromatic N) is 1. The van der Waals surface area contributed by atoms with Crippen molar-refractivity contribution in [3.8, 4) is 0 Å². The van der Waals surface area contributed by atoms with Gasteiger partial charge >= 0.3 is 0 Å². The molecular formula is C13H18ClNO3S. The summed E-state index contributed by atoms with van der Waals surface area (Å²) >= 11 is 5.83. The zero-order chi connectivity index (χ0) is 14.0. The predicted molar refractivity (Wildman–Crippen MR) is 74.8 cm³/mol. The van der Waals surface area contributed by atoms with Crippen LogP contribution in [0.2, 0.25) is 0 Å². The van der Waals surface area contributed by atoms with Gasteiger partial charge in [-0.15, -0.1) is 11.6 Å². The number of ether oxygens (including phenoxy) is 1. The van der Waals surface area contributed by atoms with Crippen molar-refractivity contribution in [2.75, 3.05) is 13.1 Å². The van der Waals surface area contributed by atoms with Crippen LogP contribution in [0.25, 0.3) is 0 Å². The Morgan fingerprint density at radius 3 is 2.42 bits per heavy atom. The van der Waals surface area contributed by atoms with Gasteiger partial charge in [-0.05, 0) is 25.5 Å². The van der Waals surface area contributed by atoms with Crippen LogP contribution in [-0.4, -0.2) is 38.0 Å². The first-order chi connectivity index (χ1) is 8.95. The van der Waals surface area contributed by atoms with E-state index in [1.807, 2.05) is 13.8 Å². The number of morpholine rings is 1. The van der Waals surface area contributed by atoms with E-state index in [-0.39, 0.29) is 18.1 Å². The highest BCUT2D eigenvalue weighted by atomic mass is 35.5. The van der Waals surface area contributed by atoms with Crippen LogP contribution < -0.4 is 0 Å². The van der Waals surface area contributed by atoms with E-state index in [0.29, 0.717) is 23.5 Å². The third-order valence-corrected chi connectivity index (χ3v) is 5.34. The number of hydrogen-bond acceptors (Lipinski definition) is 3. The van der Waals surface area contributed by atoms with Crippen molar-refractivity contribution < 1.29 is 13.2 Å². The second kappa shape index (κ2) is 5.79. The van der Waals surface area contributed by atoms with E-state index < -0.39 is 10.0 Å². The van der Waals surface area contributed by atoms with E-state index in [2.05, 4.69) is 0 Å². The van der Waals surface area contributed by atoms with Crippen LogP contribution in [0.1, 0.15) is 19.4 Å². The molecule has 4 nitrogen and oxygen atoms in total. The maximum absolute atomic E-state index is 12.7. The second-order valence-corrected chi connectivity index (χ2v) is 6.99. The molecule has 1 aliphatic heterocycles. The fourth-order valence-corrected chi connectivity index (χ4v) is 4.46. The van der Waals surface area contributed by atoms with E-state index in [4.69, 9.17) is 16.3 Å². The molecule has 19 heavy (non-hydrogen) atoms. The van der Waals surface area contributed by atoms with Crippen LogP contribution in [0.3, 0.4) is 0 Å². The minimum Gasteiger partial charge on any atom is -0.373 e. The Kier molecular flexibility index (Phi) is 4.50. The quantitative estimate of drug-likeness (QED) is 0.805. The molecule has 1 aliphatic rings. The zero-order valence-electron chi connectivity index (χ0n) is 11.0. The van der Waals surface area contributed by atoms with Crippen molar-refractivity contribution in [1.82, 2.24) is 4.31 Å². The highest BCUT2D eigenvalue weighted by Gasteiger charge is 2.33. The van der Waals surface area contributed by atoms with Crippen molar-refractivity contribution >= 4 is 21.6 Å². The van der Waals surface area contributed by atoms with Gasteiger partial charge in [-0.3, -0.25) is 0 Å². The van der Waals surface area contributed by atoms with Gasteiger partial charge in [0, 0.05) is 19.0 Å². The molecule has 0 bridgehead atoms. The lowest BCUT2D eigenvalue weighted by atomic mass is 10.2. The molecule has 0 radical (unpaired) electrons. The molecule has 2 unspecified atom stereocenters. The fourth-order valence-electron chi connectivity index (χ4n) is 2.33. The molecule has 6 heteroatoms. The van der Waals surface area contributed by atoms with Crippen LogP contribution in [0, 0.1) is 0 Å². The first-order valence-corrected chi connectivity index (χ1v) is 8.22. The van der Waals surface area contributed by atoms with Gasteiger partial charge < -0.3 is 4.74 Å². The van der Waals surface area contributed by atoms with Crippen molar-refractivity contribution in [3.05, 3.63) is 29.8 Å². The minimum atomic E-state index is -3.50. The molecule has 0 saturated carbocycles. The Hall–Kier alpha value is -0.620. The summed E-state index contributed by atoms with van der Waals surface area (Å²) in [6, 6.07) is 6.86. The van der Waals surface area contributed by atoms with Gasteiger partial charge in [-0.2, -0.15) is 4.31 Å². The SMILES string of the molecule is CC1CN(S(=O)(=O)c2ccccc2CCl)CC(C)O1. The van der Waals surface area contributed by atoms with E-state index in [9.17, 15) is 8.42 Å². The van der Waals surface area contributed by atoms with Crippen LogP contribution >= 0.6 is 11.6 Å². The molecule has 2 atom stereocenters. The normalized spacial score (nSPS) is 25.4. The molecular weight excluding hydrogens is 286 g/mol. The summed E-state index contributed by atoms with van der Waals surface area (Å²) in [6.07, 6.45) is -0.191. The third kappa shape index (κ3) is 3.11. The van der Waals surface area contributed by atoms with Crippen LogP contribution in [0.4, 0.5) is 0 Å². The Balaban J connectivity index is 2.36. The number of benzene rings is 1. The molecule has 1 aromatic carbocycles. The fraction of sp³-hybridized carbons (Fsp3) is 0.538. The highest BCUT2D eigenvalue weighted by molar-refractivity contribution is 7.89. The second-order valence-electron chi connectivity index (χ2n) is 4.82. The maximum atomic E-state index is 12.7. The van der Waals surface area contributed by atoms with Gasteiger partial charge in [0.2, 0.25) is 10.0 Å². The molecule has 106 valence electrons. The average Bonchev–Trinajstić information content (AvgIpc) is 2.37. The summed E-state index contributed by atoms with van der Waals surface area (Å²) in [4.78, 5) is 0.298. The number of sulfonamides is 1. The summed E-state index contributed by atoms with van der Waals surface area (Å²) in [5, 5.41) is 0. The molecule has 1 aromatic rings. The Morgan fingerprint density at radius 2 is 1.84 bits per heavy atom. The van der Waals surface area contributed by atoms with Crippen molar-refractivity contribution in [2.24, 2.45) is 0 Å². The van der Waals surface area contributed by atoms with E-state index in [0.717, 1.165) is 0 Å². The topological polar surface area (TPSA) is 46.6 Å². The summed E-state index contributed by atoms with van der Waals surface area (Å²) in [5.41, 5.74) is 0.635. The molecule has 0 aromatic heterocycles. The van der Waals surface area contributed by atoms with Gasteiger partial charge in [0.05, 0.1) is 17.1 Å². The molecule has 1 heterocycles. The van der Waals surface area contributed by atoms with Gasteiger partial charge in [-0.1, -0.05) is 18.2 Å². The first kappa shape index (κ1) is 14.8. The van der Waals surface area contributed by atoms with Crippen molar-refractivity contribution in [2.45, 2.75) is 36.8 Å². The zero-order valence-corrected chi connectivity index (χ0v) is 12.6. The number of hydrogen-bond donors (Lipinski definition) is 0. The minimum absolute atomic E-state index is 0.0957. The first-order valence-electron chi connectivity index (χ1n) is 6.24. The number of halogens is 1. The summed E-state index contributed by atoms with van der Waals surface area (Å²) < 4.78 is 32.4. The van der Waals surface area contributed by atoms with E-state index in [1.54, 1.807) is 24.3 Å². The average molecular weight is 304 g/mol. The Labute approximate surface area is 119 Å². The van der Waals surface area contributed by atoms with Crippen molar-refractivity contribution in [3.63, 3.8) is 0 Å². The van der Waals surface area contributed by atoms with Gasteiger partial charge in [0.15, 0.2) is 0 Å². The maximum Gasteiger partial charge on any atom is 0.243 e. The summed E-state index contributed by atoms with van der Waals surface area (Å²) in [6.45, 7) is 4.52. The van der Waals surface area contributed by atoms with Gasteiger partial charge in [0.25, 0.3) is 0 Å². The van der Waals surface area contributed by atoms with Crippen LogP contribution in [0.5, 0.6) is 0 Å². The molecule has 0 aliphatic carbocycles. The number of alkyl halides is 1. The van der Waals surface area contributed by atoms with Crippen LogP contribution in [0.15, 0.2) is 29.2 Å². The molecule has 2 rings (SSSR count). The van der Waals surface area contributed by atoms with Gasteiger partial charge in [0.1, 0.15) is 0 Å². The summed E-state index contributed by atoms with van der Waals surface area (Å²) in [7, 11) is -3.50. The van der Waals surface area contributed by atoms with Crippen molar-refractivity contribution in [1.29, 1.82) is 0 Å². The lowest BCUT2D eigenvalue weighted by Crippen LogP contribution is -2.48.